The minimum atomic E-state index is -0.266. The van der Waals surface area contributed by atoms with Crippen molar-refractivity contribution < 1.29 is 9.53 Å². The molecule has 0 fully saturated rings. The normalized spacial score (nSPS) is 10.7. The quantitative estimate of drug-likeness (QED) is 0.525. The number of benzene rings is 3. The predicted octanol–water partition coefficient (Wildman–Crippen LogP) is 4.81. The number of hydrogen-bond acceptors (Lipinski definition) is 3. The Morgan fingerprint density at radius 3 is 2.23 bits per heavy atom. The monoisotopic (exact) mass is 398 g/mol. The van der Waals surface area contributed by atoms with Crippen molar-refractivity contribution in [3.8, 4) is 11.4 Å². The Hall–Kier alpha value is -3.86. The number of carbonyl (C=O) groups is 1. The van der Waals surface area contributed by atoms with E-state index in [1.54, 1.807) is 55.8 Å². The van der Waals surface area contributed by atoms with Gasteiger partial charge >= 0.3 is 0 Å². The number of hydrogen-bond donors (Lipinski definition) is 1. The largest absolute Gasteiger partial charge is 0.497 e. The molecule has 0 unspecified atom stereocenters. The van der Waals surface area contributed by atoms with Gasteiger partial charge in [0.05, 0.1) is 12.7 Å². The average molecular weight is 398 g/mol. The average Bonchev–Trinajstić information content (AvgIpc) is 2.80. The van der Waals surface area contributed by atoms with Crippen molar-refractivity contribution in [1.29, 1.82) is 0 Å². The molecule has 5 nitrogen and oxygen atoms in total. The molecule has 1 heterocycles. The van der Waals surface area contributed by atoms with Crippen LogP contribution in [-0.4, -0.2) is 17.6 Å². The van der Waals surface area contributed by atoms with Crippen LogP contribution in [0.3, 0.4) is 0 Å². The molecular weight excluding hydrogens is 376 g/mol. The third-order valence-electron chi connectivity index (χ3n) is 5.14. The van der Waals surface area contributed by atoms with Crippen LogP contribution in [0.15, 0.2) is 83.8 Å². The zero-order valence-electron chi connectivity index (χ0n) is 16.9. The number of pyridine rings is 1. The molecule has 1 N–H and O–H groups in total. The summed E-state index contributed by atoms with van der Waals surface area (Å²) in [5, 5.41) is 4.05. The van der Waals surface area contributed by atoms with Gasteiger partial charge in [-0.05, 0) is 54.4 Å². The molecule has 0 bridgehead atoms. The third-order valence-corrected chi connectivity index (χ3v) is 5.14. The van der Waals surface area contributed by atoms with E-state index in [0.29, 0.717) is 33.5 Å². The third kappa shape index (κ3) is 3.70. The molecule has 0 aliphatic heterocycles. The first kappa shape index (κ1) is 19.5. The number of nitrogens with one attached hydrogen (secondary N) is 1. The maximum absolute atomic E-state index is 13.1. The van der Waals surface area contributed by atoms with E-state index in [0.717, 1.165) is 6.42 Å². The van der Waals surface area contributed by atoms with Gasteiger partial charge in [0.2, 0.25) is 0 Å². The molecule has 1 amide bonds. The fourth-order valence-corrected chi connectivity index (χ4v) is 3.43. The SMILES string of the molecule is CCc1ccc(NC(=O)c2cn(-c3ccc(OC)cc3)c(=O)c3ccccc23)cc1. The van der Waals surface area contributed by atoms with Gasteiger partial charge in [-0.2, -0.15) is 0 Å². The fraction of sp³-hybridized carbons (Fsp3) is 0.120. The second-order valence-electron chi connectivity index (χ2n) is 6.97. The standard InChI is InChI=1S/C25H22N2O3/c1-3-17-8-10-18(11-9-17)26-24(28)23-16-27(19-12-14-20(30-2)15-13-19)25(29)22-7-5-4-6-21(22)23/h4-16H,3H2,1-2H3,(H,26,28). The van der Waals surface area contributed by atoms with Crippen molar-refractivity contribution in [3.05, 3.63) is 100 Å². The van der Waals surface area contributed by atoms with Crippen LogP contribution in [0.25, 0.3) is 16.5 Å². The lowest BCUT2D eigenvalue weighted by atomic mass is 10.1. The summed E-state index contributed by atoms with van der Waals surface area (Å²) in [5.41, 5.74) is 2.82. The molecule has 0 radical (unpaired) electrons. The number of amides is 1. The lowest BCUT2D eigenvalue weighted by molar-refractivity contribution is 0.102. The molecule has 3 aromatic carbocycles. The number of nitrogens with zero attached hydrogens (tertiary/aromatic N) is 1. The van der Waals surface area contributed by atoms with Crippen molar-refractivity contribution in [1.82, 2.24) is 4.57 Å². The smallest absolute Gasteiger partial charge is 0.262 e. The number of methoxy groups -OCH3 is 1. The molecular formula is C25H22N2O3. The minimum Gasteiger partial charge on any atom is -0.497 e. The summed E-state index contributed by atoms with van der Waals surface area (Å²) >= 11 is 0. The molecule has 0 saturated heterocycles. The molecule has 0 spiro atoms. The van der Waals surface area contributed by atoms with Gasteiger partial charge in [0.25, 0.3) is 11.5 Å². The Balaban J connectivity index is 1.80. The van der Waals surface area contributed by atoms with Crippen molar-refractivity contribution >= 4 is 22.4 Å². The van der Waals surface area contributed by atoms with Crippen LogP contribution in [0.2, 0.25) is 0 Å². The summed E-state index contributed by atoms with van der Waals surface area (Å²) < 4.78 is 6.70. The first-order chi connectivity index (χ1) is 14.6. The molecule has 0 saturated carbocycles. The van der Waals surface area contributed by atoms with E-state index in [4.69, 9.17) is 4.74 Å². The van der Waals surface area contributed by atoms with Crippen LogP contribution < -0.4 is 15.6 Å². The Kier molecular flexibility index (Phi) is 5.35. The van der Waals surface area contributed by atoms with Gasteiger partial charge in [0.1, 0.15) is 5.75 Å². The van der Waals surface area contributed by atoms with E-state index in [1.807, 2.05) is 30.3 Å². The molecule has 4 rings (SSSR count). The van der Waals surface area contributed by atoms with E-state index in [9.17, 15) is 9.59 Å². The van der Waals surface area contributed by atoms with E-state index in [2.05, 4.69) is 12.2 Å². The van der Waals surface area contributed by atoms with Crippen molar-refractivity contribution in [2.75, 3.05) is 12.4 Å². The van der Waals surface area contributed by atoms with Crippen LogP contribution in [0.1, 0.15) is 22.8 Å². The number of anilines is 1. The second kappa shape index (κ2) is 8.25. The highest BCUT2D eigenvalue weighted by molar-refractivity contribution is 6.12. The Bertz CT molecular complexity index is 1260. The van der Waals surface area contributed by atoms with Gasteiger partial charge in [0.15, 0.2) is 0 Å². The van der Waals surface area contributed by atoms with Crippen molar-refractivity contribution in [3.63, 3.8) is 0 Å². The zero-order chi connectivity index (χ0) is 21.1. The molecule has 0 atom stereocenters. The van der Waals surface area contributed by atoms with Crippen LogP contribution in [-0.2, 0) is 6.42 Å². The Morgan fingerprint density at radius 1 is 0.933 bits per heavy atom. The Labute approximate surface area is 174 Å². The van der Waals surface area contributed by atoms with Crippen LogP contribution in [0, 0.1) is 0 Å². The summed E-state index contributed by atoms with van der Waals surface area (Å²) in [6.45, 7) is 2.09. The highest BCUT2D eigenvalue weighted by atomic mass is 16.5. The van der Waals surface area contributed by atoms with E-state index >= 15 is 0 Å². The molecule has 150 valence electrons. The van der Waals surface area contributed by atoms with Gasteiger partial charge in [-0.15, -0.1) is 0 Å². The Morgan fingerprint density at radius 2 is 1.60 bits per heavy atom. The number of carbonyl (C=O) groups excluding carboxylic acids is 1. The molecule has 30 heavy (non-hydrogen) atoms. The first-order valence-corrected chi connectivity index (χ1v) is 9.80. The molecule has 4 aromatic rings. The van der Waals surface area contributed by atoms with Gasteiger partial charge in [0, 0.05) is 28.3 Å². The topological polar surface area (TPSA) is 60.3 Å². The fourth-order valence-electron chi connectivity index (χ4n) is 3.43. The summed E-state index contributed by atoms with van der Waals surface area (Å²) in [4.78, 5) is 26.2. The summed E-state index contributed by atoms with van der Waals surface area (Å²) in [6, 6.07) is 22.1. The molecule has 0 aliphatic carbocycles. The van der Waals surface area contributed by atoms with Crippen LogP contribution in [0.4, 0.5) is 5.69 Å². The highest BCUT2D eigenvalue weighted by Crippen LogP contribution is 2.21. The van der Waals surface area contributed by atoms with Gasteiger partial charge in [-0.1, -0.05) is 37.3 Å². The summed E-state index contributed by atoms with van der Waals surface area (Å²) in [7, 11) is 1.59. The van der Waals surface area contributed by atoms with Gasteiger partial charge in [-0.25, -0.2) is 0 Å². The molecule has 5 heteroatoms. The zero-order valence-corrected chi connectivity index (χ0v) is 16.9. The minimum absolute atomic E-state index is 0.181. The van der Waals surface area contributed by atoms with Crippen molar-refractivity contribution in [2.45, 2.75) is 13.3 Å². The summed E-state index contributed by atoms with van der Waals surface area (Å²) in [5.74, 6) is 0.429. The predicted molar refractivity (Wildman–Crippen MR) is 120 cm³/mol. The molecule has 0 aliphatic rings. The number of aryl methyl sites for hydroxylation is 1. The van der Waals surface area contributed by atoms with Crippen LogP contribution in [0.5, 0.6) is 5.75 Å². The number of aromatic nitrogens is 1. The lowest BCUT2D eigenvalue weighted by Gasteiger charge is -2.13. The van der Waals surface area contributed by atoms with Gasteiger partial charge < -0.3 is 10.1 Å². The van der Waals surface area contributed by atoms with E-state index in [1.165, 1.54) is 10.1 Å². The molecule has 1 aromatic heterocycles. The second-order valence-corrected chi connectivity index (χ2v) is 6.97. The van der Waals surface area contributed by atoms with E-state index in [-0.39, 0.29) is 11.5 Å². The van der Waals surface area contributed by atoms with Gasteiger partial charge in [-0.3, -0.25) is 14.2 Å². The maximum Gasteiger partial charge on any atom is 0.262 e. The van der Waals surface area contributed by atoms with Crippen molar-refractivity contribution in [2.24, 2.45) is 0 Å². The number of ether oxygens (including phenoxy) is 1. The van der Waals surface area contributed by atoms with Crippen LogP contribution >= 0.6 is 0 Å². The number of rotatable bonds is 5. The lowest BCUT2D eigenvalue weighted by Crippen LogP contribution is -2.22. The maximum atomic E-state index is 13.1. The first-order valence-electron chi connectivity index (χ1n) is 9.80. The summed E-state index contributed by atoms with van der Waals surface area (Å²) in [6.07, 6.45) is 2.54. The number of fused-ring (bicyclic) bond motifs is 1. The van der Waals surface area contributed by atoms with E-state index < -0.39 is 0 Å². The highest BCUT2D eigenvalue weighted by Gasteiger charge is 2.16.